The van der Waals surface area contributed by atoms with E-state index < -0.39 is 17.9 Å². The van der Waals surface area contributed by atoms with E-state index in [2.05, 4.69) is 61.8 Å². The summed E-state index contributed by atoms with van der Waals surface area (Å²) in [7, 11) is 0. The van der Waals surface area contributed by atoms with Gasteiger partial charge in [0.15, 0.2) is 0 Å². The molecule has 0 aromatic heterocycles. The van der Waals surface area contributed by atoms with Crippen LogP contribution in [0.1, 0.15) is 45.6 Å². The molecule has 6 heteroatoms. The molecule has 1 spiro atoms. The molecule has 1 aliphatic carbocycles. The molecule has 1 aromatic carbocycles. The molecule has 1 aromatic rings. The van der Waals surface area contributed by atoms with Crippen molar-refractivity contribution in [1.29, 1.82) is 0 Å². The van der Waals surface area contributed by atoms with Crippen molar-refractivity contribution in [3.8, 4) is 0 Å². The van der Waals surface area contributed by atoms with Crippen LogP contribution in [-0.4, -0.2) is 72.1 Å². The molecule has 1 saturated carbocycles. The van der Waals surface area contributed by atoms with Gasteiger partial charge in [-0.1, -0.05) is 32.9 Å². The van der Waals surface area contributed by atoms with Gasteiger partial charge in [0.2, 0.25) is 5.91 Å². The van der Waals surface area contributed by atoms with Crippen LogP contribution in [0.2, 0.25) is 0 Å². The van der Waals surface area contributed by atoms with Crippen molar-refractivity contribution in [1.82, 2.24) is 9.80 Å². The Morgan fingerprint density at radius 3 is 2.35 bits per heavy atom. The summed E-state index contributed by atoms with van der Waals surface area (Å²) >= 11 is 0. The summed E-state index contributed by atoms with van der Waals surface area (Å²) in [6.45, 7) is 13.0. The third-order valence-electron chi connectivity index (χ3n) is 7.13. The maximum Gasteiger partial charge on any atom is 0.308 e. The van der Waals surface area contributed by atoms with Gasteiger partial charge >= 0.3 is 5.97 Å². The standard InChI is InChI=1S/C25H37N3O3/c1-18-6-5-7-19(14-18)26-10-12-27(13-11-26)22(29)21-20(23(30)31)15-25(8-9-25)17-28(21)16-24(2,3)4/h5-7,14,20-21H,8-13,15-17H2,1-4H3,(H,30,31)/t20-,21-/m0/s1. The Kier molecular flexibility index (Phi) is 5.80. The zero-order valence-electron chi connectivity index (χ0n) is 19.4. The van der Waals surface area contributed by atoms with E-state index in [4.69, 9.17) is 0 Å². The number of hydrogen-bond acceptors (Lipinski definition) is 4. The van der Waals surface area contributed by atoms with Crippen LogP contribution in [0, 0.1) is 23.7 Å². The highest BCUT2D eigenvalue weighted by atomic mass is 16.4. The molecule has 170 valence electrons. The molecule has 2 atom stereocenters. The van der Waals surface area contributed by atoms with Crippen LogP contribution in [-0.2, 0) is 9.59 Å². The van der Waals surface area contributed by atoms with E-state index in [0.29, 0.717) is 19.5 Å². The fourth-order valence-corrected chi connectivity index (χ4v) is 5.48. The lowest BCUT2D eigenvalue weighted by Gasteiger charge is -2.47. The first-order valence-corrected chi connectivity index (χ1v) is 11.6. The number of nitrogens with zero attached hydrogens (tertiary/aromatic N) is 3. The predicted octanol–water partition coefficient (Wildman–Crippen LogP) is 3.25. The molecule has 1 amide bonds. The SMILES string of the molecule is Cc1cccc(N2CCN(C(=O)[C@@H]3[C@@H](C(=O)O)CC4(CC4)CN3CC(C)(C)C)CC2)c1. The fourth-order valence-electron chi connectivity index (χ4n) is 5.48. The van der Waals surface area contributed by atoms with Crippen LogP contribution >= 0.6 is 0 Å². The van der Waals surface area contributed by atoms with Crippen LogP contribution in [0.4, 0.5) is 5.69 Å². The lowest BCUT2D eigenvalue weighted by atomic mass is 9.79. The number of piperidine rings is 1. The van der Waals surface area contributed by atoms with E-state index in [1.165, 1.54) is 11.3 Å². The number of carbonyl (C=O) groups is 2. The van der Waals surface area contributed by atoms with E-state index in [1.54, 1.807) is 0 Å². The molecule has 0 bridgehead atoms. The zero-order chi connectivity index (χ0) is 22.4. The second-order valence-corrected chi connectivity index (χ2v) is 11.2. The number of piperazine rings is 1. The minimum absolute atomic E-state index is 0.0102. The minimum Gasteiger partial charge on any atom is -0.481 e. The smallest absolute Gasteiger partial charge is 0.308 e. The summed E-state index contributed by atoms with van der Waals surface area (Å²) in [6, 6.07) is 7.91. The van der Waals surface area contributed by atoms with Crippen LogP contribution in [0.5, 0.6) is 0 Å². The fraction of sp³-hybridized carbons (Fsp3) is 0.680. The van der Waals surface area contributed by atoms with E-state index in [1.807, 2.05) is 4.90 Å². The van der Waals surface area contributed by atoms with Gasteiger partial charge < -0.3 is 14.9 Å². The van der Waals surface area contributed by atoms with Gasteiger partial charge in [0.1, 0.15) is 6.04 Å². The third-order valence-corrected chi connectivity index (χ3v) is 7.13. The highest BCUT2D eigenvalue weighted by Gasteiger charge is 2.56. The first-order valence-electron chi connectivity index (χ1n) is 11.6. The molecule has 6 nitrogen and oxygen atoms in total. The van der Waals surface area contributed by atoms with Crippen molar-refractivity contribution in [2.45, 2.75) is 53.0 Å². The molecule has 2 aliphatic heterocycles. The maximum absolute atomic E-state index is 13.7. The summed E-state index contributed by atoms with van der Waals surface area (Å²) in [6.07, 6.45) is 2.82. The molecule has 31 heavy (non-hydrogen) atoms. The van der Waals surface area contributed by atoms with E-state index in [0.717, 1.165) is 39.0 Å². The number of carboxylic acids is 1. The third kappa shape index (κ3) is 4.89. The van der Waals surface area contributed by atoms with Crippen LogP contribution in [0.3, 0.4) is 0 Å². The number of aliphatic carboxylic acids is 1. The quantitative estimate of drug-likeness (QED) is 0.799. The summed E-state index contributed by atoms with van der Waals surface area (Å²) < 4.78 is 0. The first kappa shape index (κ1) is 22.1. The lowest BCUT2D eigenvalue weighted by molar-refractivity contribution is -0.158. The molecule has 2 heterocycles. The number of carboxylic acid groups (broad SMARTS) is 1. The number of likely N-dealkylation sites (tertiary alicyclic amines) is 1. The van der Waals surface area contributed by atoms with Crippen molar-refractivity contribution in [3.63, 3.8) is 0 Å². The van der Waals surface area contributed by atoms with Crippen LogP contribution < -0.4 is 4.90 Å². The van der Waals surface area contributed by atoms with Crippen molar-refractivity contribution < 1.29 is 14.7 Å². The van der Waals surface area contributed by atoms with Crippen molar-refractivity contribution in [3.05, 3.63) is 29.8 Å². The Labute approximate surface area is 186 Å². The van der Waals surface area contributed by atoms with Gasteiger partial charge in [-0.3, -0.25) is 14.5 Å². The number of hydrogen-bond donors (Lipinski definition) is 1. The van der Waals surface area contributed by atoms with E-state index in [9.17, 15) is 14.7 Å². The number of amides is 1. The molecular formula is C25H37N3O3. The van der Waals surface area contributed by atoms with Gasteiger partial charge in [0.05, 0.1) is 5.92 Å². The zero-order valence-corrected chi connectivity index (χ0v) is 19.4. The molecule has 0 radical (unpaired) electrons. The normalized spacial score (nSPS) is 26.2. The molecule has 4 rings (SSSR count). The number of benzene rings is 1. The largest absolute Gasteiger partial charge is 0.481 e. The van der Waals surface area contributed by atoms with Crippen LogP contribution in [0.25, 0.3) is 0 Å². The lowest BCUT2D eigenvalue weighted by Crippen LogP contribution is -2.62. The summed E-state index contributed by atoms with van der Waals surface area (Å²) in [5.74, 6) is -1.42. The molecule has 0 unspecified atom stereocenters. The number of anilines is 1. The van der Waals surface area contributed by atoms with Crippen molar-refractivity contribution >= 4 is 17.6 Å². The Bertz CT molecular complexity index is 833. The average Bonchev–Trinajstić information content (AvgIpc) is 3.44. The number of rotatable bonds is 4. The highest BCUT2D eigenvalue weighted by Crippen LogP contribution is 2.55. The summed E-state index contributed by atoms with van der Waals surface area (Å²) in [5, 5.41) is 10.0. The van der Waals surface area contributed by atoms with E-state index >= 15 is 0 Å². The monoisotopic (exact) mass is 427 g/mol. The van der Waals surface area contributed by atoms with Gasteiger partial charge in [-0.05, 0) is 54.7 Å². The molecule has 2 saturated heterocycles. The average molecular weight is 428 g/mol. The van der Waals surface area contributed by atoms with Gasteiger partial charge in [-0.15, -0.1) is 0 Å². The van der Waals surface area contributed by atoms with Gasteiger partial charge in [0, 0.05) is 45.0 Å². The second-order valence-electron chi connectivity index (χ2n) is 11.2. The molecule has 1 N–H and O–H groups in total. The first-order chi connectivity index (χ1) is 14.6. The van der Waals surface area contributed by atoms with Gasteiger partial charge in [-0.2, -0.15) is 0 Å². The summed E-state index contributed by atoms with van der Waals surface area (Å²) in [5.41, 5.74) is 2.56. The minimum atomic E-state index is -0.818. The Morgan fingerprint density at radius 1 is 1.13 bits per heavy atom. The summed E-state index contributed by atoms with van der Waals surface area (Å²) in [4.78, 5) is 32.4. The van der Waals surface area contributed by atoms with Crippen molar-refractivity contribution in [2.75, 3.05) is 44.2 Å². The molecular weight excluding hydrogens is 390 g/mol. The van der Waals surface area contributed by atoms with Crippen LogP contribution in [0.15, 0.2) is 24.3 Å². The van der Waals surface area contributed by atoms with Crippen molar-refractivity contribution in [2.24, 2.45) is 16.7 Å². The number of aryl methyl sites for hydroxylation is 1. The van der Waals surface area contributed by atoms with Gasteiger partial charge in [0.25, 0.3) is 0 Å². The predicted molar refractivity (Wildman–Crippen MR) is 122 cm³/mol. The Balaban J connectivity index is 1.50. The molecule has 3 fully saturated rings. The second kappa shape index (κ2) is 8.12. The Morgan fingerprint density at radius 2 is 1.81 bits per heavy atom. The van der Waals surface area contributed by atoms with Gasteiger partial charge in [-0.25, -0.2) is 0 Å². The van der Waals surface area contributed by atoms with E-state index in [-0.39, 0.29) is 16.7 Å². The highest BCUT2D eigenvalue weighted by molar-refractivity contribution is 5.88. The maximum atomic E-state index is 13.7. The number of carbonyl (C=O) groups excluding carboxylic acids is 1. The topological polar surface area (TPSA) is 64.1 Å². The Hall–Kier alpha value is -2.08. The molecule has 3 aliphatic rings.